The van der Waals surface area contributed by atoms with E-state index in [1.54, 1.807) is 24.3 Å². The summed E-state index contributed by atoms with van der Waals surface area (Å²) in [7, 11) is 0. The molecule has 4 heteroatoms. The Balaban J connectivity index is 2.44. The fraction of sp³-hybridized carbons (Fsp3) is 0.200. The molecule has 0 unspecified atom stereocenters. The number of carbonyl (C=O) groups is 2. The molecule has 0 saturated heterocycles. The maximum atomic E-state index is 11.9. The predicted octanol–water partition coefficient (Wildman–Crippen LogP) is 2.82. The molecule has 1 N–H and O–H groups in total. The van der Waals surface area contributed by atoms with E-state index < -0.39 is 0 Å². The van der Waals surface area contributed by atoms with Crippen LogP contribution in [-0.4, -0.2) is 18.7 Å². The lowest BCUT2D eigenvalue weighted by molar-refractivity contribution is 0.0955. The highest BCUT2D eigenvalue weighted by atomic mass is 16.3. The van der Waals surface area contributed by atoms with Gasteiger partial charge in [-0.3, -0.25) is 9.59 Å². The van der Waals surface area contributed by atoms with Crippen LogP contribution in [0.1, 0.15) is 33.4 Å². The van der Waals surface area contributed by atoms with Crippen molar-refractivity contribution in [2.24, 2.45) is 0 Å². The number of furan rings is 1. The number of hydrogen-bond acceptors (Lipinski definition) is 3. The fourth-order valence-corrected chi connectivity index (χ4v) is 1.97. The number of benzene rings is 1. The lowest BCUT2D eigenvalue weighted by Crippen LogP contribution is -2.23. The second-order valence-electron chi connectivity index (χ2n) is 4.16. The summed E-state index contributed by atoms with van der Waals surface area (Å²) in [6.45, 7) is 4.32. The van der Waals surface area contributed by atoms with Gasteiger partial charge in [0.25, 0.3) is 5.91 Å². The van der Waals surface area contributed by atoms with E-state index in [2.05, 4.69) is 5.32 Å². The van der Waals surface area contributed by atoms with Gasteiger partial charge < -0.3 is 9.73 Å². The van der Waals surface area contributed by atoms with Gasteiger partial charge in [-0.2, -0.15) is 0 Å². The number of amides is 1. The summed E-state index contributed by atoms with van der Waals surface area (Å²) in [6, 6.07) is 8.78. The molecular weight excluding hydrogens is 242 g/mol. The second-order valence-corrected chi connectivity index (χ2v) is 4.16. The third-order valence-electron chi connectivity index (χ3n) is 2.92. The van der Waals surface area contributed by atoms with Crippen LogP contribution in [0.4, 0.5) is 0 Å². The molecule has 19 heavy (non-hydrogen) atoms. The first-order chi connectivity index (χ1) is 9.17. The molecule has 2 aromatic rings. The Morgan fingerprint density at radius 2 is 2.11 bits per heavy atom. The number of aldehydes is 1. The van der Waals surface area contributed by atoms with Gasteiger partial charge in [0, 0.05) is 17.7 Å². The van der Waals surface area contributed by atoms with Crippen LogP contribution in [-0.2, 0) is 0 Å². The lowest BCUT2D eigenvalue weighted by Gasteiger charge is -2.09. The number of carbonyl (C=O) groups excluding carboxylic acids is 2. The highest BCUT2D eigenvalue weighted by Crippen LogP contribution is 2.27. The van der Waals surface area contributed by atoms with E-state index in [-0.39, 0.29) is 11.7 Å². The van der Waals surface area contributed by atoms with Crippen LogP contribution in [0.15, 0.2) is 34.7 Å². The van der Waals surface area contributed by atoms with E-state index in [1.807, 2.05) is 19.9 Å². The molecule has 0 spiro atoms. The van der Waals surface area contributed by atoms with Crippen molar-refractivity contribution in [2.45, 2.75) is 13.8 Å². The zero-order valence-corrected chi connectivity index (χ0v) is 10.9. The predicted molar refractivity (Wildman–Crippen MR) is 72.3 cm³/mol. The zero-order valence-electron chi connectivity index (χ0n) is 10.9. The van der Waals surface area contributed by atoms with E-state index in [0.717, 1.165) is 11.1 Å². The molecule has 0 radical (unpaired) electrons. The van der Waals surface area contributed by atoms with Gasteiger partial charge in [-0.05, 0) is 37.6 Å². The summed E-state index contributed by atoms with van der Waals surface area (Å²) in [5, 5.41) is 2.77. The molecule has 0 saturated carbocycles. The van der Waals surface area contributed by atoms with Crippen molar-refractivity contribution < 1.29 is 14.0 Å². The number of hydrogen-bond donors (Lipinski definition) is 1. The molecule has 0 fully saturated rings. The van der Waals surface area contributed by atoms with Gasteiger partial charge in [-0.15, -0.1) is 0 Å². The van der Waals surface area contributed by atoms with Crippen LogP contribution < -0.4 is 5.32 Å². The maximum absolute atomic E-state index is 11.9. The van der Waals surface area contributed by atoms with Crippen molar-refractivity contribution in [3.05, 3.63) is 47.2 Å². The van der Waals surface area contributed by atoms with Crippen molar-refractivity contribution in [2.75, 3.05) is 6.54 Å². The van der Waals surface area contributed by atoms with E-state index in [9.17, 15) is 9.59 Å². The fourth-order valence-electron chi connectivity index (χ4n) is 1.97. The van der Waals surface area contributed by atoms with Crippen molar-refractivity contribution in [3.63, 3.8) is 0 Å². The average molecular weight is 257 g/mol. The smallest absolute Gasteiger partial charge is 0.251 e. The van der Waals surface area contributed by atoms with Crippen molar-refractivity contribution in [3.8, 4) is 11.3 Å². The molecule has 98 valence electrons. The Bertz CT molecular complexity index is 614. The van der Waals surface area contributed by atoms with Crippen molar-refractivity contribution in [1.29, 1.82) is 0 Å². The molecule has 1 amide bonds. The molecule has 0 bridgehead atoms. The van der Waals surface area contributed by atoms with E-state index >= 15 is 0 Å². The molecule has 4 nitrogen and oxygen atoms in total. The van der Waals surface area contributed by atoms with Crippen LogP contribution in [0, 0.1) is 6.92 Å². The summed E-state index contributed by atoms with van der Waals surface area (Å²) in [5.41, 5.74) is 2.26. The quantitative estimate of drug-likeness (QED) is 0.857. The van der Waals surface area contributed by atoms with Gasteiger partial charge in [0.15, 0.2) is 12.0 Å². The van der Waals surface area contributed by atoms with Crippen LogP contribution >= 0.6 is 0 Å². The molecule has 0 aliphatic rings. The largest absolute Gasteiger partial charge is 0.453 e. The molecule has 0 aliphatic heterocycles. The minimum atomic E-state index is -0.107. The molecule has 1 aromatic heterocycles. The molecule has 1 heterocycles. The Morgan fingerprint density at radius 1 is 1.32 bits per heavy atom. The summed E-state index contributed by atoms with van der Waals surface area (Å²) in [5.74, 6) is 0.757. The second kappa shape index (κ2) is 5.52. The number of nitrogens with one attached hydrogen (secondary N) is 1. The normalized spacial score (nSPS) is 10.2. The van der Waals surface area contributed by atoms with Crippen LogP contribution in [0.2, 0.25) is 0 Å². The highest BCUT2D eigenvalue weighted by molar-refractivity contribution is 5.97. The summed E-state index contributed by atoms with van der Waals surface area (Å²) in [6.07, 6.45) is 0.659. The Labute approximate surface area is 111 Å². The standard InChI is InChI=1S/C15H15NO3/c1-3-16-15(18)13-6-4-5-12(10(13)2)14-8-7-11(9-17)19-14/h4-9H,3H2,1-2H3,(H,16,18). The number of rotatable bonds is 4. The molecule has 0 aliphatic carbocycles. The summed E-state index contributed by atoms with van der Waals surface area (Å²) < 4.78 is 5.39. The van der Waals surface area contributed by atoms with Crippen LogP contribution in [0.5, 0.6) is 0 Å². The van der Waals surface area contributed by atoms with Gasteiger partial charge in [0.05, 0.1) is 0 Å². The maximum Gasteiger partial charge on any atom is 0.251 e. The summed E-state index contributed by atoms with van der Waals surface area (Å²) >= 11 is 0. The first kappa shape index (κ1) is 13.1. The SMILES string of the molecule is CCNC(=O)c1cccc(-c2ccc(C=O)o2)c1C. The van der Waals surface area contributed by atoms with Crippen molar-refractivity contribution >= 4 is 12.2 Å². The van der Waals surface area contributed by atoms with E-state index in [0.29, 0.717) is 24.2 Å². The van der Waals surface area contributed by atoms with Gasteiger partial charge >= 0.3 is 0 Å². The Hall–Kier alpha value is -2.36. The minimum absolute atomic E-state index is 0.107. The van der Waals surface area contributed by atoms with Gasteiger partial charge in [-0.1, -0.05) is 12.1 Å². The third-order valence-corrected chi connectivity index (χ3v) is 2.92. The van der Waals surface area contributed by atoms with Gasteiger partial charge in [0.2, 0.25) is 0 Å². The Kier molecular flexibility index (Phi) is 3.80. The average Bonchev–Trinajstić information content (AvgIpc) is 2.88. The zero-order chi connectivity index (χ0) is 13.8. The van der Waals surface area contributed by atoms with Gasteiger partial charge in [-0.25, -0.2) is 0 Å². The minimum Gasteiger partial charge on any atom is -0.453 e. The van der Waals surface area contributed by atoms with Crippen molar-refractivity contribution in [1.82, 2.24) is 5.32 Å². The Morgan fingerprint density at radius 3 is 2.74 bits per heavy atom. The monoisotopic (exact) mass is 257 g/mol. The highest BCUT2D eigenvalue weighted by Gasteiger charge is 2.14. The van der Waals surface area contributed by atoms with E-state index in [4.69, 9.17) is 4.42 Å². The topological polar surface area (TPSA) is 59.3 Å². The van der Waals surface area contributed by atoms with E-state index in [1.165, 1.54) is 0 Å². The van der Waals surface area contributed by atoms with Crippen LogP contribution in [0.3, 0.4) is 0 Å². The molecule has 1 aromatic carbocycles. The lowest BCUT2D eigenvalue weighted by atomic mass is 10.00. The van der Waals surface area contributed by atoms with Gasteiger partial charge in [0.1, 0.15) is 5.76 Å². The van der Waals surface area contributed by atoms with Crippen LogP contribution in [0.25, 0.3) is 11.3 Å². The summed E-state index contributed by atoms with van der Waals surface area (Å²) in [4.78, 5) is 22.6. The molecule has 2 rings (SSSR count). The first-order valence-electron chi connectivity index (χ1n) is 6.10. The third kappa shape index (κ3) is 2.57. The first-order valence-corrected chi connectivity index (χ1v) is 6.10. The molecule has 0 atom stereocenters. The molecular formula is C15H15NO3.